The molecular weight excluding hydrogens is 289 g/mol. The van der Waals surface area contributed by atoms with Crippen LogP contribution in [0.4, 0.5) is 5.82 Å². The van der Waals surface area contributed by atoms with E-state index in [-0.39, 0.29) is 48.9 Å². The van der Waals surface area contributed by atoms with Crippen LogP contribution in [0.1, 0.15) is 6.23 Å². The molecule has 1 saturated heterocycles. The highest BCUT2D eigenvalue weighted by atomic mass is 35.5. The predicted molar refractivity (Wildman–Crippen MR) is 70.9 cm³/mol. The fraction of sp³-hybridized carbons (Fsp3) is 0.500. The van der Waals surface area contributed by atoms with Gasteiger partial charge in [0, 0.05) is 11.9 Å². The van der Waals surface area contributed by atoms with Crippen molar-refractivity contribution in [2.45, 2.75) is 11.7 Å². The first-order valence-corrected chi connectivity index (χ1v) is 5.48. The van der Waals surface area contributed by atoms with Crippen molar-refractivity contribution in [1.29, 1.82) is 0 Å². The molecule has 0 saturated carbocycles. The van der Waals surface area contributed by atoms with Crippen molar-refractivity contribution in [3.8, 4) is 0 Å². The highest BCUT2D eigenvalue weighted by molar-refractivity contribution is 8.00. The minimum Gasteiger partial charge on any atom is -0.393 e. The molecule has 1 aromatic heterocycles. The Labute approximate surface area is 114 Å². The molecule has 0 aliphatic carbocycles. The second kappa shape index (κ2) is 7.07. The van der Waals surface area contributed by atoms with Gasteiger partial charge in [-0.3, -0.25) is 4.57 Å². The summed E-state index contributed by atoms with van der Waals surface area (Å²) in [6.45, 7) is -0.0572. The fourth-order valence-corrected chi connectivity index (χ4v) is 2.26. The molecule has 0 unspecified atom stereocenters. The average molecular weight is 302 g/mol. The van der Waals surface area contributed by atoms with Crippen LogP contribution in [0, 0.1) is 0 Å². The number of ether oxygens (including phenoxy) is 1. The Morgan fingerprint density at radius 1 is 1.65 bits per heavy atom. The SMILES string of the molecule is Cl.Cl.Nc1ccn([C@@H]2CS[C@H](CO)O2)c(=O)n1. The van der Waals surface area contributed by atoms with Gasteiger partial charge >= 0.3 is 5.69 Å². The number of aromatic nitrogens is 2. The summed E-state index contributed by atoms with van der Waals surface area (Å²) in [5.41, 5.74) is 4.67. The van der Waals surface area contributed by atoms with Crippen LogP contribution in [0.25, 0.3) is 0 Å². The summed E-state index contributed by atoms with van der Waals surface area (Å²) >= 11 is 1.47. The Morgan fingerprint density at radius 3 is 2.88 bits per heavy atom. The molecule has 17 heavy (non-hydrogen) atoms. The summed E-state index contributed by atoms with van der Waals surface area (Å²) in [6.07, 6.45) is 1.18. The smallest absolute Gasteiger partial charge is 0.351 e. The molecule has 6 nitrogen and oxygen atoms in total. The number of anilines is 1. The molecule has 1 aliphatic rings. The van der Waals surface area contributed by atoms with Crippen molar-refractivity contribution >= 4 is 42.4 Å². The Morgan fingerprint density at radius 2 is 2.35 bits per heavy atom. The highest BCUT2D eigenvalue weighted by Gasteiger charge is 2.27. The van der Waals surface area contributed by atoms with Crippen molar-refractivity contribution in [2.75, 3.05) is 18.1 Å². The maximum absolute atomic E-state index is 11.4. The average Bonchev–Trinajstić information content (AvgIpc) is 2.66. The number of nitrogens with two attached hydrogens (primary N) is 1. The summed E-state index contributed by atoms with van der Waals surface area (Å²) < 4.78 is 6.79. The molecule has 0 amide bonds. The zero-order chi connectivity index (χ0) is 10.8. The molecule has 0 spiro atoms. The number of aliphatic hydroxyl groups is 1. The van der Waals surface area contributed by atoms with E-state index in [1.165, 1.54) is 16.3 Å². The zero-order valence-electron chi connectivity index (χ0n) is 8.68. The molecule has 2 atom stereocenters. The number of rotatable bonds is 2. The molecule has 9 heteroatoms. The third-order valence-corrected chi connectivity index (χ3v) is 3.15. The van der Waals surface area contributed by atoms with Crippen molar-refractivity contribution in [3.63, 3.8) is 0 Å². The largest absolute Gasteiger partial charge is 0.393 e. The van der Waals surface area contributed by atoms with Gasteiger partial charge in [-0.1, -0.05) is 0 Å². The Balaban J connectivity index is 0.00000128. The first-order chi connectivity index (χ1) is 7.20. The van der Waals surface area contributed by atoms with Gasteiger partial charge in [0.15, 0.2) is 0 Å². The third kappa shape index (κ3) is 3.75. The van der Waals surface area contributed by atoms with Gasteiger partial charge in [0.1, 0.15) is 17.5 Å². The molecular formula is C8H13Cl2N3O3S. The first-order valence-electron chi connectivity index (χ1n) is 4.43. The van der Waals surface area contributed by atoms with Crippen LogP contribution in [-0.2, 0) is 4.74 Å². The van der Waals surface area contributed by atoms with E-state index >= 15 is 0 Å². The lowest BCUT2D eigenvalue weighted by atomic mass is 10.5. The summed E-state index contributed by atoms with van der Waals surface area (Å²) in [5, 5.41) is 8.88. The lowest BCUT2D eigenvalue weighted by Crippen LogP contribution is -2.28. The maximum atomic E-state index is 11.4. The second-order valence-corrected chi connectivity index (χ2v) is 4.27. The van der Waals surface area contributed by atoms with E-state index in [2.05, 4.69) is 4.98 Å². The van der Waals surface area contributed by atoms with Crippen molar-refractivity contribution in [2.24, 2.45) is 0 Å². The zero-order valence-corrected chi connectivity index (χ0v) is 11.1. The van der Waals surface area contributed by atoms with Crippen LogP contribution in [0.15, 0.2) is 17.1 Å². The molecule has 0 aromatic carbocycles. The topological polar surface area (TPSA) is 90.4 Å². The summed E-state index contributed by atoms with van der Waals surface area (Å²) in [6, 6.07) is 1.54. The molecule has 2 rings (SSSR count). The van der Waals surface area contributed by atoms with E-state index in [0.717, 1.165) is 0 Å². The van der Waals surface area contributed by atoms with E-state index in [0.29, 0.717) is 5.75 Å². The van der Waals surface area contributed by atoms with Crippen LogP contribution in [0.3, 0.4) is 0 Å². The Bertz CT molecular complexity index is 417. The van der Waals surface area contributed by atoms with Gasteiger partial charge in [0.05, 0.1) is 6.61 Å². The number of nitrogen functional groups attached to an aromatic ring is 1. The maximum Gasteiger partial charge on any atom is 0.351 e. The molecule has 1 aliphatic heterocycles. The van der Waals surface area contributed by atoms with Crippen molar-refractivity contribution in [3.05, 3.63) is 22.7 Å². The second-order valence-electron chi connectivity index (χ2n) is 3.08. The lowest BCUT2D eigenvalue weighted by molar-refractivity contribution is -0.00629. The summed E-state index contributed by atoms with van der Waals surface area (Å²) in [7, 11) is 0. The molecule has 98 valence electrons. The van der Waals surface area contributed by atoms with Crippen LogP contribution in [0.5, 0.6) is 0 Å². The van der Waals surface area contributed by atoms with Crippen molar-refractivity contribution < 1.29 is 9.84 Å². The number of thioether (sulfide) groups is 1. The molecule has 3 N–H and O–H groups in total. The standard InChI is InChI=1S/C8H11N3O3S.2ClH/c9-5-1-2-11(8(13)10-5)6-4-15-7(3-12)14-6;;/h1-2,6-7,12H,3-4H2,(H2,9,10,13);2*1H/t6-,7+;;/m0../s1. The van der Waals surface area contributed by atoms with Gasteiger partial charge in [-0.15, -0.1) is 36.6 Å². The number of hydrogen-bond acceptors (Lipinski definition) is 6. The van der Waals surface area contributed by atoms with Crippen LogP contribution in [-0.4, -0.2) is 32.5 Å². The lowest BCUT2D eigenvalue weighted by Gasteiger charge is -2.13. The third-order valence-electron chi connectivity index (χ3n) is 2.04. The van der Waals surface area contributed by atoms with E-state index < -0.39 is 5.69 Å². The van der Waals surface area contributed by atoms with Crippen LogP contribution >= 0.6 is 36.6 Å². The Hall–Kier alpha value is -0.470. The van der Waals surface area contributed by atoms with Gasteiger partial charge < -0.3 is 15.6 Å². The molecule has 0 bridgehead atoms. The minimum absolute atomic E-state index is 0. The number of hydrogen-bond donors (Lipinski definition) is 2. The molecule has 1 fully saturated rings. The van der Waals surface area contributed by atoms with E-state index in [1.54, 1.807) is 12.3 Å². The number of nitrogens with zero attached hydrogens (tertiary/aromatic N) is 2. The molecule has 2 heterocycles. The monoisotopic (exact) mass is 301 g/mol. The minimum atomic E-state index is -0.431. The van der Waals surface area contributed by atoms with Crippen LogP contribution < -0.4 is 11.4 Å². The molecule has 1 aromatic rings. The summed E-state index contributed by atoms with van der Waals surface area (Å²) in [5.74, 6) is 0.817. The van der Waals surface area contributed by atoms with E-state index in [1.807, 2.05) is 0 Å². The normalized spacial score (nSPS) is 22.6. The van der Waals surface area contributed by atoms with Crippen molar-refractivity contribution in [1.82, 2.24) is 9.55 Å². The first kappa shape index (κ1) is 16.5. The van der Waals surface area contributed by atoms with Gasteiger partial charge in [0.25, 0.3) is 0 Å². The quantitative estimate of drug-likeness (QED) is 0.814. The van der Waals surface area contributed by atoms with Gasteiger partial charge in [-0.05, 0) is 6.07 Å². The number of aliphatic hydroxyl groups excluding tert-OH is 1. The number of halogens is 2. The van der Waals surface area contributed by atoms with Crippen LogP contribution in [0.2, 0.25) is 0 Å². The van der Waals surface area contributed by atoms with E-state index in [9.17, 15) is 4.79 Å². The highest BCUT2D eigenvalue weighted by Crippen LogP contribution is 2.30. The summed E-state index contributed by atoms with van der Waals surface area (Å²) in [4.78, 5) is 15.0. The molecule has 0 radical (unpaired) electrons. The van der Waals surface area contributed by atoms with E-state index in [4.69, 9.17) is 15.6 Å². The Kier molecular flexibility index (Phi) is 6.88. The van der Waals surface area contributed by atoms with Gasteiger partial charge in [0.2, 0.25) is 0 Å². The predicted octanol–water partition coefficient (Wildman–Crippen LogP) is 0.249. The van der Waals surface area contributed by atoms with Gasteiger partial charge in [-0.2, -0.15) is 4.98 Å². The van der Waals surface area contributed by atoms with Gasteiger partial charge in [-0.25, -0.2) is 4.79 Å². The fourth-order valence-electron chi connectivity index (χ4n) is 1.33.